The van der Waals surface area contributed by atoms with E-state index in [1.165, 1.54) is 6.20 Å². The number of aromatic carboxylic acids is 1. The Morgan fingerprint density at radius 1 is 1.08 bits per heavy atom. The van der Waals surface area contributed by atoms with E-state index in [1.807, 2.05) is 31.2 Å². The average Bonchev–Trinajstić information content (AvgIpc) is 3.11. The van der Waals surface area contributed by atoms with Gasteiger partial charge in [0.1, 0.15) is 0 Å². The SMILES string of the molecule is CCn1cc(C(=O)Nc2cccc(-c3cccc(C(=O)O)c3)c2)cn1. The van der Waals surface area contributed by atoms with Crippen molar-refractivity contribution in [1.82, 2.24) is 9.78 Å². The fourth-order valence-corrected chi connectivity index (χ4v) is 2.47. The van der Waals surface area contributed by atoms with Gasteiger partial charge >= 0.3 is 5.97 Å². The number of rotatable bonds is 5. The Morgan fingerprint density at radius 3 is 2.48 bits per heavy atom. The smallest absolute Gasteiger partial charge is 0.335 e. The number of aromatic nitrogens is 2. The van der Waals surface area contributed by atoms with Crippen molar-refractivity contribution in [1.29, 1.82) is 0 Å². The number of carboxylic acid groups (broad SMARTS) is 1. The van der Waals surface area contributed by atoms with E-state index in [0.717, 1.165) is 11.1 Å². The largest absolute Gasteiger partial charge is 0.478 e. The molecule has 6 nitrogen and oxygen atoms in total. The lowest BCUT2D eigenvalue weighted by atomic mass is 10.0. The number of benzene rings is 2. The molecule has 6 heteroatoms. The minimum absolute atomic E-state index is 0.221. The zero-order chi connectivity index (χ0) is 17.8. The van der Waals surface area contributed by atoms with Crippen molar-refractivity contribution in [3.8, 4) is 11.1 Å². The summed E-state index contributed by atoms with van der Waals surface area (Å²) < 4.78 is 1.68. The van der Waals surface area contributed by atoms with Gasteiger partial charge in [-0.2, -0.15) is 5.10 Å². The Bertz CT molecular complexity index is 931. The average molecular weight is 335 g/mol. The number of carboxylic acids is 1. The first-order chi connectivity index (χ1) is 12.1. The molecule has 0 aliphatic rings. The van der Waals surface area contributed by atoms with Gasteiger partial charge in [0.2, 0.25) is 0 Å². The summed E-state index contributed by atoms with van der Waals surface area (Å²) in [5.41, 5.74) is 2.94. The van der Waals surface area contributed by atoms with Crippen LogP contribution >= 0.6 is 0 Å². The molecule has 0 atom stereocenters. The van der Waals surface area contributed by atoms with Crippen LogP contribution in [0.4, 0.5) is 5.69 Å². The molecule has 0 fully saturated rings. The van der Waals surface area contributed by atoms with Gasteiger partial charge in [0.05, 0.1) is 17.3 Å². The van der Waals surface area contributed by atoms with E-state index in [2.05, 4.69) is 10.4 Å². The minimum Gasteiger partial charge on any atom is -0.478 e. The zero-order valence-electron chi connectivity index (χ0n) is 13.6. The van der Waals surface area contributed by atoms with Gasteiger partial charge in [0.15, 0.2) is 0 Å². The van der Waals surface area contributed by atoms with Gasteiger partial charge in [0.25, 0.3) is 5.91 Å². The molecule has 126 valence electrons. The maximum Gasteiger partial charge on any atom is 0.335 e. The molecule has 0 unspecified atom stereocenters. The highest BCUT2D eigenvalue weighted by Gasteiger charge is 2.10. The summed E-state index contributed by atoms with van der Waals surface area (Å²) >= 11 is 0. The maximum absolute atomic E-state index is 12.3. The van der Waals surface area contributed by atoms with Crippen molar-refractivity contribution < 1.29 is 14.7 Å². The summed E-state index contributed by atoms with van der Waals surface area (Å²) in [6.07, 6.45) is 3.22. The summed E-state index contributed by atoms with van der Waals surface area (Å²) in [6, 6.07) is 14.0. The lowest BCUT2D eigenvalue weighted by molar-refractivity contribution is 0.0696. The molecule has 0 radical (unpaired) electrons. The summed E-state index contributed by atoms with van der Waals surface area (Å²) in [7, 11) is 0. The van der Waals surface area contributed by atoms with E-state index in [9.17, 15) is 9.59 Å². The van der Waals surface area contributed by atoms with E-state index >= 15 is 0 Å². The molecule has 1 amide bonds. The molecule has 3 rings (SSSR count). The fraction of sp³-hybridized carbons (Fsp3) is 0.105. The third kappa shape index (κ3) is 3.74. The Morgan fingerprint density at radius 2 is 1.80 bits per heavy atom. The molecule has 0 saturated carbocycles. The van der Waals surface area contributed by atoms with E-state index < -0.39 is 5.97 Å². The number of amides is 1. The number of nitrogens with zero attached hydrogens (tertiary/aromatic N) is 2. The molecule has 0 aliphatic carbocycles. The number of carbonyl (C=O) groups is 2. The molecule has 1 heterocycles. The maximum atomic E-state index is 12.3. The van der Waals surface area contributed by atoms with Crippen molar-refractivity contribution in [2.75, 3.05) is 5.32 Å². The number of nitrogens with one attached hydrogen (secondary N) is 1. The second-order valence-corrected chi connectivity index (χ2v) is 5.51. The Kier molecular flexibility index (Phi) is 4.61. The van der Waals surface area contributed by atoms with E-state index in [1.54, 1.807) is 35.1 Å². The van der Waals surface area contributed by atoms with Crippen LogP contribution in [-0.4, -0.2) is 26.8 Å². The first-order valence-electron chi connectivity index (χ1n) is 7.84. The molecule has 1 aromatic heterocycles. The Labute approximate surface area is 144 Å². The van der Waals surface area contributed by atoms with Gasteiger partial charge < -0.3 is 10.4 Å². The molecule has 0 spiro atoms. The van der Waals surface area contributed by atoms with Crippen molar-refractivity contribution in [3.63, 3.8) is 0 Å². The number of hydrogen-bond acceptors (Lipinski definition) is 3. The Hall–Kier alpha value is -3.41. The molecule has 2 aromatic carbocycles. The van der Waals surface area contributed by atoms with Crippen LogP contribution < -0.4 is 5.32 Å². The molecule has 0 saturated heterocycles. The molecule has 2 N–H and O–H groups in total. The molecule has 0 bridgehead atoms. The molecule has 3 aromatic rings. The number of hydrogen-bond donors (Lipinski definition) is 2. The predicted octanol–water partition coefficient (Wildman–Crippen LogP) is 3.52. The highest BCUT2D eigenvalue weighted by molar-refractivity contribution is 6.04. The van der Waals surface area contributed by atoms with Crippen LogP contribution in [-0.2, 0) is 6.54 Å². The van der Waals surface area contributed by atoms with Gasteiger partial charge in [-0.05, 0) is 42.3 Å². The van der Waals surface area contributed by atoms with Gasteiger partial charge in [-0.1, -0.05) is 24.3 Å². The third-order valence-electron chi connectivity index (χ3n) is 3.78. The molecule has 25 heavy (non-hydrogen) atoms. The predicted molar refractivity (Wildman–Crippen MR) is 94.7 cm³/mol. The summed E-state index contributed by atoms with van der Waals surface area (Å²) in [4.78, 5) is 23.4. The number of anilines is 1. The fourth-order valence-electron chi connectivity index (χ4n) is 2.47. The van der Waals surface area contributed by atoms with Crippen molar-refractivity contribution in [3.05, 3.63) is 72.1 Å². The standard InChI is InChI=1S/C19H17N3O3/c1-2-22-12-16(11-20-22)18(23)21-17-8-4-6-14(10-17)13-5-3-7-15(9-13)19(24)25/h3-12H,2H2,1H3,(H,21,23)(H,24,25). The van der Waals surface area contributed by atoms with Crippen molar-refractivity contribution in [2.24, 2.45) is 0 Å². The highest BCUT2D eigenvalue weighted by Crippen LogP contribution is 2.24. The van der Waals surface area contributed by atoms with Crippen LogP contribution in [0.2, 0.25) is 0 Å². The van der Waals surface area contributed by atoms with Crippen LogP contribution in [0.1, 0.15) is 27.6 Å². The van der Waals surface area contributed by atoms with Gasteiger partial charge in [0, 0.05) is 18.4 Å². The molecule has 0 aliphatic heterocycles. The first-order valence-corrected chi connectivity index (χ1v) is 7.84. The first kappa shape index (κ1) is 16.4. The third-order valence-corrected chi connectivity index (χ3v) is 3.78. The van der Waals surface area contributed by atoms with Crippen LogP contribution in [0.15, 0.2) is 60.9 Å². The minimum atomic E-state index is -0.973. The van der Waals surface area contributed by atoms with Gasteiger partial charge in [-0.25, -0.2) is 4.79 Å². The monoisotopic (exact) mass is 335 g/mol. The van der Waals surface area contributed by atoms with Crippen LogP contribution in [0.3, 0.4) is 0 Å². The topological polar surface area (TPSA) is 84.2 Å². The zero-order valence-corrected chi connectivity index (χ0v) is 13.6. The van der Waals surface area contributed by atoms with E-state index in [4.69, 9.17) is 5.11 Å². The van der Waals surface area contributed by atoms with E-state index in [0.29, 0.717) is 17.8 Å². The van der Waals surface area contributed by atoms with E-state index in [-0.39, 0.29) is 11.5 Å². The number of aryl methyl sites for hydroxylation is 1. The summed E-state index contributed by atoms with van der Waals surface area (Å²) in [5, 5.41) is 16.0. The lowest BCUT2D eigenvalue weighted by Gasteiger charge is -2.07. The molecular formula is C19H17N3O3. The molecular weight excluding hydrogens is 318 g/mol. The van der Waals surface area contributed by atoms with Crippen molar-refractivity contribution >= 4 is 17.6 Å². The van der Waals surface area contributed by atoms with Crippen LogP contribution in [0.5, 0.6) is 0 Å². The highest BCUT2D eigenvalue weighted by atomic mass is 16.4. The Balaban J connectivity index is 1.83. The lowest BCUT2D eigenvalue weighted by Crippen LogP contribution is -2.11. The van der Waals surface area contributed by atoms with Crippen LogP contribution in [0, 0.1) is 0 Å². The van der Waals surface area contributed by atoms with Crippen molar-refractivity contribution in [2.45, 2.75) is 13.5 Å². The van der Waals surface area contributed by atoms with Gasteiger partial charge in [-0.15, -0.1) is 0 Å². The second-order valence-electron chi connectivity index (χ2n) is 5.51. The second kappa shape index (κ2) is 7.00. The van der Waals surface area contributed by atoms with Gasteiger partial charge in [-0.3, -0.25) is 9.48 Å². The van der Waals surface area contributed by atoms with Crippen LogP contribution in [0.25, 0.3) is 11.1 Å². The summed E-state index contributed by atoms with van der Waals surface area (Å²) in [6.45, 7) is 2.64. The quantitative estimate of drug-likeness (QED) is 0.747. The normalized spacial score (nSPS) is 10.4. The number of carbonyl (C=O) groups excluding carboxylic acids is 1. The summed E-state index contributed by atoms with van der Waals surface area (Å²) in [5.74, 6) is -1.21.